The third-order valence-electron chi connectivity index (χ3n) is 4.23. The Morgan fingerprint density at radius 2 is 1.95 bits per heavy atom. The van der Waals surface area contributed by atoms with Crippen molar-refractivity contribution < 1.29 is 4.39 Å². The van der Waals surface area contributed by atoms with E-state index in [-0.39, 0.29) is 11.9 Å². The summed E-state index contributed by atoms with van der Waals surface area (Å²) in [4.78, 5) is 0. The van der Waals surface area contributed by atoms with Crippen LogP contribution in [0.2, 0.25) is 0 Å². The van der Waals surface area contributed by atoms with Crippen molar-refractivity contribution in [2.24, 2.45) is 0 Å². The van der Waals surface area contributed by atoms with Crippen LogP contribution in [0.25, 0.3) is 0 Å². The Balaban J connectivity index is 1.69. The average Bonchev–Trinajstić information content (AvgIpc) is 2.95. The van der Waals surface area contributed by atoms with E-state index in [2.05, 4.69) is 46.4 Å². The zero-order chi connectivity index (χ0) is 14.8. The van der Waals surface area contributed by atoms with Gasteiger partial charge in [-0.25, -0.2) is 4.39 Å². The van der Waals surface area contributed by atoms with Gasteiger partial charge in [-0.15, -0.1) is 0 Å². The summed E-state index contributed by atoms with van der Waals surface area (Å²) in [6, 6.07) is 12.0. The number of benzene rings is 2. The Morgan fingerprint density at radius 1 is 1.14 bits per heavy atom. The molecular formula is C18H19BrFN. The molecule has 1 nitrogen and oxygen atoms in total. The minimum Gasteiger partial charge on any atom is -0.306 e. The lowest BCUT2D eigenvalue weighted by atomic mass is 10.0. The van der Waals surface area contributed by atoms with Gasteiger partial charge >= 0.3 is 0 Å². The van der Waals surface area contributed by atoms with Gasteiger partial charge in [0, 0.05) is 22.6 Å². The average molecular weight is 348 g/mol. The molecule has 0 heterocycles. The summed E-state index contributed by atoms with van der Waals surface area (Å²) in [5.41, 5.74) is 4.95. The highest BCUT2D eigenvalue weighted by atomic mass is 79.9. The Morgan fingerprint density at radius 3 is 2.81 bits per heavy atom. The maximum Gasteiger partial charge on any atom is 0.127 e. The van der Waals surface area contributed by atoms with Crippen LogP contribution >= 0.6 is 15.9 Å². The van der Waals surface area contributed by atoms with Crippen LogP contribution < -0.4 is 5.32 Å². The predicted octanol–water partition coefficient (Wildman–Crippen LogP) is 4.93. The van der Waals surface area contributed by atoms with Crippen molar-refractivity contribution in [1.82, 2.24) is 5.32 Å². The van der Waals surface area contributed by atoms with E-state index in [4.69, 9.17) is 0 Å². The van der Waals surface area contributed by atoms with Gasteiger partial charge in [0.15, 0.2) is 0 Å². The van der Waals surface area contributed by atoms with Crippen molar-refractivity contribution in [3.05, 3.63) is 68.9 Å². The molecule has 0 fully saturated rings. The number of aryl methyl sites for hydroxylation is 2. The molecule has 0 saturated heterocycles. The number of hydrogen-bond acceptors (Lipinski definition) is 1. The summed E-state index contributed by atoms with van der Waals surface area (Å²) in [7, 11) is 0. The molecule has 0 amide bonds. The fourth-order valence-corrected chi connectivity index (χ4v) is 3.33. The lowest BCUT2D eigenvalue weighted by Crippen LogP contribution is -2.19. The van der Waals surface area contributed by atoms with Crippen molar-refractivity contribution in [2.45, 2.75) is 38.8 Å². The first-order chi connectivity index (χ1) is 10.1. The van der Waals surface area contributed by atoms with Crippen molar-refractivity contribution in [1.29, 1.82) is 0 Å². The van der Waals surface area contributed by atoms with Crippen LogP contribution in [0, 0.1) is 5.82 Å². The Bertz CT molecular complexity index is 654. The Kier molecular flexibility index (Phi) is 4.41. The minimum atomic E-state index is -0.160. The smallest absolute Gasteiger partial charge is 0.127 e. The molecule has 3 heteroatoms. The largest absolute Gasteiger partial charge is 0.306 e. The standard InChI is InChI=1S/C18H19BrFN/c1-12(14-6-5-13-3-2-4-15(13)9-14)21-11-16-10-17(19)7-8-18(16)20/h5-10,12,21H,2-4,11H2,1H3. The number of nitrogens with one attached hydrogen (secondary N) is 1. The molecular weight excluding hydrogens is 329 g/mol. The molecule has 0 aromatic heterocycles. The second-order valence-corrected chi connectivity index (χ2v) is 6.64. The fourth-order valence-electron chi connectivity index (χ4n) is 2.92. The lowest BCUT2D eigenvalue weighted by Gasteiger charge is -2.16. The molecule has 1 N–H and O–H groups in total. The van der Waals surface area contributed by atoms with E-state index in [0.717, 1.165) is 4.47 Å². The van der Waals surface area contributed by atoms with Gasteiger partial charge in [0.25, 0.3) is 0 Å². The number of fused-ring (bicyclic) bond motifs is 1. The van der Waals surface area contributed by atoms with Crippen molar-refractivity contribution >= 4 is 15.9 Å². The molecule has 0 spiro atoms. The van der Waals surface area contributed by atoms with Crippen LogP contribution in [0.5, 0.6) is 0 Å². The number of hydrogen-bond donors (Lipinski definition) is 1. The number of halogens is 2. The molecule has 1 aliphatic carbocycles. The van der Waals surface area contributed by atoms with Crippen molar-refractivity contribution in [2.75, 3.05) is 0 Å². The van der Waals surface area contributed by atoms with E-state index < -0.39 is 0 Å². The third-order valence-corrected chi connectivity index (χ3v) is 4.72. The van der Waals surface area contributed by atoms with Gasteiger partial charge in [0.05, 0.1) is 0 Å². The summed E-state index contributed by atoms with van der Waals surface area (Å²) in [6.45, 7) is 2.66. The van der Waals surface area contributed by atoms with Gasteiger partial charge in [0.1, 0.15) is 5.82 Å². The third kappa shape index (κ3) is 3.35. The zero-order valence-electron chi connectivity index (χ0n) is 12.1. The van der Waals surface area contributed by atoms with E-state index in [9.17, 15) is 4.39 Å². The van der Waals surface area contributed by atoms with Crippen LogP contribution in [0.1, 0.15) is 41.6 Å². The quantitative estimate of drug-likeness (QED) is 0.826. The molecule has 21 heavy (non-hydrogen) atoms. The monoisotopic (exact) mass is 347 g/mol. The summed E-state index contributed by atoms with van der Waals surface area (Å²) >= 11 is 3.39. The zero-order valence-corrected chi connectivity index (χ0v) is 13.7. The molecule has 1 aliphatic rings. The van der Waals surface area contributed by atoms with Gasteiger partial charge in [-0.1, -0.05) is 34.1 Å². The summed E-state index contributed by atoms with van der Waals surface area (Å²) in [6.07, 6.45) is 3.67. The van der Waals surface area contributed by atoms with E-state index in [1.54, 1.807) is 6.07 Å². The molecule has 1 unspecified atom stereocenters. The predicted molar refractivity (Wildman–Crippen MR) is 87.8 cm³/mol. The van der Waals surface area contributed by atoms with E-state index >= 15 is 0 Å². The molecule has 2 aromatic carbocycles. The SMILES string of the molecule is CC(NCc1cc(Br)ccc1F)c1ccc2c(c1)CCC2. The van der Waals surface area contributed by atoms with E-state index in [1.165, 1.54) is 42.0 Å². The molecule has 0 bridgehead atoms. The van der Waals surface area contributed by atoms with E-state index in [0.29, 0.717) is 12.1 Å². The molecule has 1 atom stereocenters. The van der Waals surface area contributed by atoms with Crippen LogP contribution in [0.4, 0.5) is 4.39 Å². The van der Waals surface area contributed by atoms with Crippen LogP contribution in [-0.4, -0.2) is 0 Å². The topological polar surface area (TPSA) is 12.0 Å². The van der Waals surface area contributed by atoms with Crippen LogP contribution in [-0.2, 0) is 19.4 Å². The Hall–Kier alpha value is -1.19. The number of rotatable bonds is 4. The van der Waals surface area contributed by atoms with Gasteiger partial charge in [-0.3, -0.25) is 0 Å². The molecule has 110 valence electrons. The first-order valence-corrected chi connectivity index (χ1v) is 8.22. The molecule has 0 radical (unpaired) electrons. The second kappa shape index (κ2) is 6.29. The maximum absolute atomic E-state index is 13.7. The highest BCUT2D eigenvalue weighted by Gasteiger charge is 2.13. The summed E-state index contributed by atoms with van der Waals surface area (Å²) in [5, 5.41) is 3.41. The first kappa shape index (κ1) is 14.7. The highest BCUT2D eigenvalue weighted by molar-refractivity contribution is 9.10. The van der Waals surface area contributed by atoms with Crippen molar-refractivity contribution in [3.63, 3.8) is 0 Å². The fraction of sp³-hybridized carbons (Fsp3) is 0.333. The van der Waals surface area contributed by atoms with Gasteiger partial charge < -0.3 is 5.32 Å². The first-order valence-electron chi connectivity index (χ1n) is 7.42. The lowest BCUT2D eigenvalue weighted by molar-refractivity contribution is 0.543. The second-order valence-electron chi connectivity index (χ2n) is 5.72. The maximum atomic E-state index is 13.7. The summed E-state index contributed by atoms with van der Waals surface area (Å²) in [5.74, 6) is -0.160. The molecule has 3 rings (SSSR count). The normalized spacial score (nSPS) is 15.0. The van der Waals surface area contributed by atoms with Crippen molar-refractivity contribution in [3.8, 4) is 0 Å². The van der Waals surface area contributed by atoms with Gasteiger partial charge in [0.2, 0.25) is 0 Å². The van der Waals surface area contributed by atoms with E-state index in [1.807, 2.05) is 6.07 Å². The highest BCUT2D eigenvalue weighted by Crippen LogP contribution is 2.25. The molecule has 0 saturated carbocycles. The van der Waals surface area contributed by atoms with Gasteiger partial charge in [-0.2, -0.15) is 0 Å². The van der Waals surface area contributed by atoms with Crippen LogP contribution in [0.15, 0.2) is 40.9 Å². The summed E-state index contributed by atoms with van der Waals surface area (Å²) < 4.78 is 14.6. The Labute approximate surface area is 133 Å². The molecule has 0 aliphatic heterocycles. The molecule has 2 aromatic rings. The minimum absolute atomic E-state index is 0.160. The van der Waals surface area contributed by atoms with Crippen LogP contribution in [0.3, 0.4) is 0 Å². The van der Waals surface area contributed by atoms with Gasteiger partial charge in [-0.05, 0) is 61.1 Å².